The SMILES string of the molecule is O=C1[N-]C(=O)c2cc(Cl)c(Cl)cc21.[K+]. The molecule has 0 bridgehead atoms. The molecule has 0 aliphatic carbocycles. The molecule has 14 heavy (non-hydrogen) atoms. The van der Waals surface area contributed by atoms with Crippen LogP contribution in [0.3, 0.4) is 0 Å². The number of hydrogen-bond donors (Lipinski definition) is 0. The van der Waals surface area contributed by atoms with Gasteiger partial charge in [-0.25, -0.2) is 0 Å². The Morgan fingerprint density at radius 2 is 1.29 bits per heavy atom. The zero-order valence-corrected chi connectivity index (χ0v) is 11.8. The maximum absolute atomic E-state index is 11.1. The Balaban J connectivity index is 0.000000980. The Hall–Kier alpha value is 0.576. The van der Waals surface area contributed by atoms with Crippen molar-refractivity contribution >= 4 is 35.0 Å². The number of carbonyl (C=O) groups excluding carboxylic acids is 2. The first-order chi connectivity index (χ1) is 6.09. The summed E-state index contributed by atoms with van der Waals surface area (Å²) in [6.07, 6.45) is 0. The third kappa shape index (κ3) is 2.06. The summed E-state index contributed by atoms with van der Waals surface area (Å²) in [5.41, 5.74) is 0.443. The molecule has 1 heterocycles. The summed E-state index contributed by atoms with van der Waals surface area (Å²) in [6, 6.07) is 2.71. The van der Waals surface area contributed by atoms with E-state index in [1.165, 1.54) is 12.1 Å². The summed E-state index contributed by atoms with van der Waals surface area (Å²) in [7, 11) is 0. The van der Waals surface area contributed by atoms with E-state index in [0.29, 0.717) is 0 Å². The van der Waals surface area contributed by atoms with Gasteiger partial charge in [0.25, 0.3) is 0 Å². The third-order valence-corrected chi connectivity index (χ3v) is 2.45. The van der Waals surface area contributed by atoms with Crippen molar-refractivity contribution in [1.29, 1.82) is 0 Å². The number of halogens is 2. The molecule has 3 nitrogen and oxygen atoms in total. The Labute approximate surface area is 133 Å². The van der Waals surface area contributed by atoms with Gasteiger partial charge in [0.05, 0.1) is 21.9 Å². The molecule has 2 rings (SSSR count). The van der Waals surface area contributed by atoms with E-state index in [-0.39, 0.29) is 72.6 Å². The number of imide groups is 1. The zero-order valence-electron chi connectivity index (χ0n) is 7.17. The van der Waals surface area contributed by atoms with Crippen molar-refractivity contribution in [3.8, 4) is 0 Å². The number of carbonyl (C=O) groups is 2. The van der Waals surface area contributed by atoms with Crippen LogP contribution >= 0.6 is 23.2 Å². The average Bonchev–Trinajstić information content (AvgIpc) is 2.31. The van der Waals surface area contributed by atoms with Crippen LogP contribution in [0.25, 0.3) is 5.32 Å². The molecule has 66 valence electrons. The van der Waals surface area contributed by atoms with Crippen molar-refractivity contribution in [3.05, 3.63) is 38.6 Å². The maximum atomic E-state index is 11.1. The van der Waals surface area contributed by atoms with Gasteiger partial charge in [-0.3, -0.25) is 0 Å². The monoisotopic (exact) mass is 253 g/mol. The Morgan fingerprint density at radius 1 is 0.929 bits per heavy atom. The van der Waals surface area contributed by atoms with E-state index in [0.717, 1.165) is 0 Å². The summed E-state index contributed by atoms with van der Waals surface area (Å²) in [5.74, 6) is -1.11. The smallest absolute Gasteiger partial charge is 0.587 e. The van der Waals surface area contributed by atoms with Crippen molar-refractivity contribution in [3.63, 3.8) is 0 Å². The van der Waals surface area contributed by atoms with E-state index in [4.69, 9.17) is 23.2 Å². The van der Waals surface area contributed by atoms with Gasteiger partial charge in [0.15, 0.2) is 0 Å². The Bertz CT molecular complexity index is 395. The van der Waals surface area contributed by atoms with Gasteiger partial charge in [-0.2, -0.15) is 0 Å². The molecule has 0 fully saturated rings. The number of fused-ring (bicyclic) bond motifs is 1. The van der Waals surface area contributed by atoms with Crippen molar-refractivity contribution < 1.29 is 61.0 Å². The predicted octanol–water partition coefficient (Wildman–Crippen LogP) is -0.335. The Kier molecular flexibility index (Phi) is 4.17. The molecule has 6 heteroatoms. The minimum absolute atomic E-state index is 0. The zero-order chi connectivity index (χ0) is 9.59. The van der Waals surface area contributed by atoms with E-state index in [1.54, 1.807) is 0 Å². The molecular formula is C8H2Cl2KNO2. The summed E-state index contributed by atoms with van der Waals surface area (Å²) in [4.78, 5) is 22.1. The van der Waals surface area contributed by atoms with Gasteiger partial charge in [0.2, 0.25) is 0 Å². The van der Waals surface area contributed by atoms with E-state index >= 15 is 0 Å². The van der Waals surface area contributed by atoms with Crippen LogP contribution < -0.4 is 51.4 Å². The molecule has 0 N–H and O–H groups in total. The molecule has 1 aliphatic rings. The van der Waals surface area contributed by atoms with E-state index in [1.807, 2.05) is 0 Å². The molecule has 0 aromatic heterocycles. The summed E-state index contributed by atoms with van der Waals surface area (Å²) in [5, 5.41) is 3.74. The second-order valence-electron chi connectivity index (χ2n) is 2.53. The molecule has 0 spiro atoms. The maximum Gasteiger partial charge on any atom is 1.00 e. The number of amides is 2. The van der Waals surface area contributed by atoms with Crippen molar-refractivity contribution in [2.24, 2.45) is 0 Å². The first-order valence-electron chi connectivity index (χ1n) is 3.39. The molecule has 1 aliphatic heterocycles. The van der Waals surface area contributed by atoms with Crippen molar-refractivity contribution in [2.75, 3.05) is 0 Å². The molecule has 2 amide bonds. The van der Waals surface area contributed by atoms with Gasteiger partial charge >= 0.3 is 51.4 Å². The van der Waals surface area contributed by atoms with Crippen LogP contribution in [0.15, 0.2) is 12.1 Å². The van der Waals surface area contributed by atoms with Gasteiger partial charge in [0, 0.05) is 11.1 Å². The topological polar surface area (TPSA) is 48.2 Å². The fourth-order valence-corrected chi connectivity index (χ4v) is 1.44. The summed E-state index contributed by atoms with van der Waals surface area (Å²) >= 11 is 11.3. The predicted molar refractivity (Wildman–Crippen MR) is 48.5 cm³/mol. The first kappa shape index (κ1) is 12.6. The van der Waals surface area contributed by atoms with Gasteiger partial charge in [0.1, 0.15) is 0 Å². The van der Waals surface area contributed by atoms with Crippen LogP contribution in [-0.2, 0) is 0 Å². The van der Waals surface area contributed by atoms with Crippen LogP contribution in [0.1, 0.15) is 20.7 Å². The van der Waals surface area contributed by atoms with Gasteiger partial charge in [-0.05, 0) is 12.1 Å². The quantitative estimate of drug-likeness (QED) is 0.470. The molecular weight excluding hydrogens is 252 g/mol. The van der Waals surface area contributed by atoms with Gasteiger partial charge < -0.3 is 14.9 Å². The molecule has 0 unspecified atom stereocenters. The summed E-state index contributed by atoms with van der Waals surface area (Å²) in [6.45, 7) is 0. The molecule has 0 saturated heterocycles. The largest absolute Gasteiger partial charge is 1.00 e. The molecule has 0 saturated carbocycles. The van der Waals surface area contributed by atoms with Crippen LogP contribution in [-0.4, -0.2) is 11.8 Å². The number of rotatable bonds is 0. The van der Waals surface area contributed by atoms with E-state index < -0.39 is 11.8 Å². The number of hydrogen-bond acceptors (Lipinski definition) is 2. The molecule has 1 aromatic carbocycles. The van der Waals surface area contributed by atoms with Gasteiger partial charge in [-0.15, -0.1) is 0 Å². The van der Waals surface area contributed by atoms with Gasteiger partial charge in [-0.1, -0.05) is 23.2 Å². The molecule has 1 aromatic rings. The third-order valence-electron chi connectivity index (χ3n) is 1.72. The van der Waals surface area contributed by atoms with Crippen LogP contribution in [0.4, 0.5) is 0 Å². The average molecular weight is 254 g/mol. The Morgan fingerprint density at radius 3 is 1.64 bits per heavy atom. The summed E-state index contributed by atoms with van der Waals surface area (Å²) < 4.78 is 0. The second kappa shape index (κ2) is 4.61. The molecule has 0 atom stereocenters. The minimum atomic E-state index is -0.557. The van der Waals surface area contributed by atoms with Crippen LogP contribution in [0.2, 0.25) is 10.0 Å². The minimum Gasteiger partial charge on any atom is -0.587 e. The second-order valence-corrected chi connectivity index (χ2v) is 3.35. The standard InChI is InChI=1S/C8H3Cl2NO2.K/c9-5-1-3-4(2-6(5)10)8(13)11-7(3)12;/h1-2H,(H,11,12,13);/q;+1/p-1. The first-order valence-corrected chi connectivity index (χ1v) is 4.14. The molecule has 0 radical (unpaired) electrons. The number of benzene rings is 1. The van der Waals surface area contributed by atoms with Crippen molar-refractivity contribution in [1.82, 2.24) is 0 Å². The fraction of sp³-hybridized carbons (Fsp3) is 0. The fourth-order valence-electron chi connectivity index (χ4n) is 1.11. The van der Waals surface area contributed by atoms with Crippen LogP contribution in [0, 0.1) is 0 Å². The van der Waals surface area contributed by atoms with E-state index in [2.05, 4.69) is 5.32 Å². The number of nitrogens with zero attached hydrogens (tertiary/aromatic N) is 1. The van der Waals surface area contributed by atoms with Crippen molar-refractivity contribution in [2.45, 2.75) is 0 Å². The van der Waals surface area contributed by atoms with E-state index in [9.17, 15) is 9.59 Å². The normalized spacial score (nSPS) is 13.3. The van der Waals surface area contributed by atoms with Crippen LogP contribution in [0.5, 0.6) is 0 Å².